The summed E-state index contributed by atoms with van der Waals surface area (Å²) in [6, 6.07) is 19.9. The first-order valence-electron chi connectivity index (χ1n) is 7.04. The molecule has 0 heterocycles. The smallest absolute Gasteiger partial charge is 0.0945 e. The van der Waals surface area contributed by atoms with E-state index in [4.69, 9.17) is 11.8 Å². The molecule has 0 aliphatic rings. The summed E-state index contributed by atoms with van der Waals surface area (Å²) in [7, 11) is 2.02. The number of hydrogen-bond acceptors (Lipinski definition) is 2. The predicted octanol–water partition coefficient (Wildman–Crippen LogP) is 3.39. The highest BCUT2D eigenvalue weighted by Gasteiger charge is 2.28. The monoisotopic (exact) mass is 319 g/mol. The highest BCUT2D eigenvalue weighted by Crippen LogP contribution is 2.46. The average Bonchev–Trinajstić information content (AvgIpc) is 2.54. The quantitative estimate of drug-likeness (QED) is 0.855. The first kappa shape index (κ1) is 16.4. The van der Waals surface area contributed by atoms with Gasteiger partial charge in [-0.25, -0.2) is 0 Å². The summed E-state index contributed by atoms with van der Waals surface area (Å²) in [5, 5.41) is 11.8. The first-order valence-corrected chi connectivity index (χ1v) is 10.2. The Morgan fingerprint density at radius 1 is 1.00 bits per heavy atom. The van der Waals surface area contributed by atoms with Crippen molar-refractivity contribution in [2.75, 3.05) is 13.7 Å². The van der Waals surface area contributed by atoms with Crippen LogP contribution in [0.15, 0.2) is 60.7 Å². The van der Waals surface area contributed by atoms with Crippen LogP contribution in [-0.4, -0.2) is 29.5 Å². The zero-order chi connectivity index (χ0) is 15.5. The molecule has 4 heteroatoms. The Bertz CT molecular complexity index is 617. The van der Waals surface area contributed by atoms with E-state index in [1.807, 2.05) is 62.5 Å². The van der Waals surface area contributed by atoms with E-state index in [9.17, 15) is 5.11 Å². The van der Waals surface area contributed by atoms with Crippen LogP contribution in [-0.2, 0) is 11.8 Å². The molecular formula is C17H22NOPS. The molecule has 0 saturated carbocycles. The van der Waals surface area contributed by atoms with Crippen LogP contribution in [0.5, 0.6) is 0 Å². The van der Waals surface area contributed by atoms with Crippen LogP contribution in [0, 0.1) is 0 Å². The van der Waals surface area contributed by atoms with Crippen molar-refractivity contribution < 1.29 is 5.11 Å². The molecule has 2 aromatic rings. The third kappa shape index (κ3) is 3.61. The van der Waals surface area contributed by atoms with Crippen molar-refractivity contribution in [3.8, 4) is 0 Å². The minimum Gasteiger partial charge on any atom is -0.387 e. The molecule has 0 saturated heterocycles. The minimum absolute atomic E-state index is 0.0385. The average molecular weight is 319 g/mol. The Balaban J connectivity index is 2.23. The molecule has 0 amide bonds. The number of rotatable bonds is 5. The van der Waals surface area contributed by atoms with Crippen LogP contribution >= 0.6 is 6.19 Å². The Labute approximate surface area is 132 Å². The van der Waals surface area contributed by atoms with E-state index < -0.39 is 12.3 Å². The first-order chi connectivity index (χ1) is 9.94. The lowest BCUT2D eigenvalue weighted by Gasteiger charge is -2.36. The molecule has 0 aliphatic carbocycles. The summed E-state index contributed by atoms with van der Waals surface area (Å²) >= 11 is 5.90. The summed E-state index contributed by atoms with van der Waals surface area (Å²) in [6.07, 6.45) is -2.40. The fourth-order valence-electron chi connectivity index (χ4n) is 2.37. The van der Waals surface area contributed by atoms with Gasteiger partial charge in [0.15, 0.2) is 0 Å². The van der Waals surface area contributed by atoms with Gasteiger partial charge < -0.3 is 5.11 Å². The zero-order valence-electron chi connectivity index (χ0n) is 12.7. The molecule has 2 rings (SSSR count). The Hall–Kier alpha value is -0.990. The van der Waals surface area contributed by atoms with Crippen LogP contribution in [0.4, 0.5) is 0 Å². The fourth-order valence-corrected chi connectivity index (χ4v) is 5.09. The topological polar surface area (TPSA) is 23.5 Å². The van der Waals surface area contributed by atoms with Crippen LogP contribution in [0.3, 0.4) is 0 Å². The van der Waals surface area contributed by atoms with Gasteiger partial charge in [0.2, 0.25) is 0 Å². The van der Waals surface area contributed by atoms with Gasteiger partial charge >= 0.3 is 0 Å². The molecule has 0 radical (unpaired) electrons. The normalized spacial score (nSPS) is 17.2. The molecule has 112 valence electrons. The second kappa shape index (κ2) is 6.85. The molecule has 0 aliphatic heterocycles. The molecule has 2 aromatic carbocycles. The van der Waals surface area contributed by atoms with Crippen molar-refractivity contribution in [3.63, 3.8) is 0 Å². The van der Waals surface area contributed by atoms with Crippen LogP contribution in [0.2, 0.25) is 0 Å². The number of aliphatic hydroxyl groups excluding tert-OH is 1. The lowest BCUT2D eigenvalue weighted by atomic mass is 10.0. The summed E-state index contributed by atoms with van der Waals surface area (Å²) in [5.41, 5.74) is 0.930. The molecule has 2 nitrogen and oxygen atoms in total. The van der Waals surface area contributed by atoms with Crippen LogP contribution in [0.1, 0.15) is 18.6 Å². The molecule has 1 N–H and O–H groups in total. The van der Waals surface area contributed by atoms with Crippen molar-refractivity contribution in [1.29, 1.82) is 0 Å². The molecule has 21 heavy (non-hydrogen) atoms. The van der Waals surface area contributed by atoms with Crippen LogP contribution < -0.4 is 5.30 Å². The largest absolute Gasteiger partial charge is 0.387 e. The van der Waals surface area contributed by atoms with Gasteiger partial charge in [0, 0.05) is 12.2 Å². The third-order valence-electron chi connectivity index (χ3n) is 4.02. The van der Waals surface area contributed by atoms with Gasteiger partial charge in [0.1, 0.15) is 0 Å². The van der Waals surface area contributed by atoms with Gasteiger partial charge in [0.05, 0.1) is 6.10 Å². The Morgan fingerprint density at radius 3 is 2.00 bits per heavy atom. The van der Waals surface area contributed by atoms with E-state index in [1.165, 1.54) is 5.30 Å². The fraction of sp³-hybridized carbons (Fsp3) is 0.294. The SMILES string of the molecule is C[C@H]([C@@H](O)c1ccccc1)N(C)[P@](C)(=S)c1ccccc1. The maximum absolute atomic E-state index is 10.6. The minimum atomic E-state index is -1.86. The molecule has 0 spiro atoms. The van der Waals surface area contributed by atoms with E-state index in [2.05, 4.69) is 23.5 Å². The molecule has 0 aromatic heterocycles. The summed E-state index contributed by atoms with van der Waals surface area (Å²) < 4.78 is 2.16. The van der Waals surface area contributed by atoms with Gasteiger partial charge in [-0.3, -0.25) is 4.67 Å². The number of hydrogen-bond donors (Lipinski definition) is 1. The van der Waals surface area contributed by atoms with E-state index in [1.54, 1.807) is 0 Å². The third-order valence-corrected chi connectivity index (χ3v) is 8.25. The molecule has 0 fully saturated rings. The molecular weight excluding hydrogens is 297 g/mol. The highest BCUT2D eigenvalue weighted by atomic mass is 32.4. The second-order valence-electron chi connectivity index (χ2n) is 5.38. The summed E-state index contributed by atoms with van der Waals surface area (Å²) in [5.74, 6) is 0. The molecule has 3 atom stereocenters. The Kier molecular flexibility index (Phi) is 5.34. The van der Waals surface area contributed by atoms with Gasteiger partial charge in [-0.05, 0) is 31.5 Å². The van der Waals surface area contributed by atoms with E-state index >= 15 is 0 Å². The number of likely N-dealkylation sites (N-methyl/N-ethyl adjacent to an activating group) is 1. The predicted molar refractivity (Wildman–Crippen MR) is 94.9 cm³/mol. The van der Waals surface area contributed by atoms with Crippen molar-refractivity contribution >= 4 is 23.3 Å². The van der Waals surface area contributed by atoms with E-state index in [-0.39, 0.29) is 6.04 Å². The van der Waals surface area contributed by atoms with Crippen molar-refractivity contribution in [3.05, 3.63) is 66.2 Å². The van der Waals surface area contributed by atoms with Crippen molar-refractivity contribution in [2.24, 2.45) is 0 Å². The maximum Gasteiger partial charge on any atom is 0.0945 e. The lowest BCUT2D eigenvalue weighted by molar-refractivity contribution is 0.110. The van der Waals surface area contributed by atoms with E-state index in [0.29, 0.717) is 0 Å². The van der Waals surface area contributed by atoms with E-state index in [0.717, 1.165) is 5.56 Å². The van der Waals surface area contributed by atoms with Gasteiger partial charge in [-0.1, -0.05) is 72.5 Å². The standard InChI is InChI=1S/C17H22NOPS/c1-14(17(19)15-10-6-4-7-11-15)18(2)20(3,21)16-12-8-5-9-13-16/h4-14,17,19H,1-3H3/t14-,17-,20-/m1/s1. The van der Waals surface area contributed by atoms with Crippen molar-refractivity contribution in [2.45, 2.75) is 19.1 Å². The zero-order valence-corrected chi connectivity index (χ0v) is 14.4. The van der Waals surface area contributed by atoms with Gasteiger partial charge in [-0.2, -0.15) is 0 Å². The highest BCUT2D eigenvalue weighted by molar-refractivity contribution is 8.16. The number of benzene rings is 2. The van der Waals surface area contributed by atoms with Gasteiger partial charge in [-0.15, -0.1) is 0 Å². The number of aliphatic hydroxyl groups is 1. The Morgan fingerprint density at radius 2 is 1.48 bits per heavy atom. The molecule has 0 bridgehead atoms. The van der Waals surface area contributed by atoms with Gasteiger partial charge in [0.25, 0.3) is 0 Å². The summed E-state index contributed by atoms with van der Waals surface area (Å²) in [6.45, 7) is 4.15. The molecule has 0 unspecified atom stereocenters. The maximum atomic E-state index is 10.6. The number of nitrogens with zero attached hydrogens (tertiary/aromatic N) is 1. The van der Waals surface area contributed by atoms with Crippen molar-refractivity contribution in [1.82, 2.24) is 4.67 Å². The lowest BCUT2D eigenvalue weighted by Crippen LogP contribution is -2.34. The second-order valence-corrected chi connectivity index (χ2v) is 10.4. The summed E-state index contributed by atoms with van der Waals surface area (Å²) in [4.78, 5) is 0. The van der Waals surface area contributed by atoms with Crippen LogP contribution in [0.25, 0.3) is 0 Å².